The Kier molecular flexibility index (Phi) is 4.46. The van der Waals surface area contributed by atoms with Crippen LogP contribution in [-0.4, -0.2) is 0 Å². The van der Waals surface area contributed by atoms with Crippen LogP contribution < -0.4 is 0 Å². The monoisotopic (exact) mass is 236 g/mol. The smallest absolute Gasteiger partial charge is 0.110 e. The van der Waals surface area contributed by atoms with Crippen LogP contribution in [0.15, 0.2) is 4.42 Å². The first kappa shape index (κ1) is 14.3. The Hall–Kier alpha value is -0.720. The first-order valence-electron chi connectivity index (χ1n) is 6.93. The van der Waals surface area contributed by atoms with E-state index >= 15 is 0 Å². The molecule has 1 heteroatoms. The van der Waals surface area contributed by atoms with E-state index in [-0.39, 0.29) is 0 Å². The van der Waals surface area contributed by atoms with Gasteiger partial charge >= 0.3 is 0 Å². The van der Waals surface area contributed by atoms with Gasteiger partial charge in [-0.25, -0.2) is 0 Å². The molecule has 0 radical (unpaired) electrons. The summed E-state index contributed by atoms with van der Waals surface area (Å²) in [6, 6.07) is 0. The lowest BCUT2D eigenvalue weighted by Crippen LogP contribution is -2.01. The summed E-state index contributed by atoms with van der Waals surface area (Å²) in [5.74, 6) is 4.43. The highest BCUT2D eigenvalue weighted by atomic mass is 16.3. The molecule has 0 amide bonds. The first-order chi connectivity index (χ1) is 7.77. The second-order valence-corrected chi connectivity index (χ2v) is 6.28. The van der Waals surface area contributed by atoms with Gasteiger partial charge in [0.2, 0.25) is 0 Å². The number of hydrogen-bond donors (Lipinski definition) is 0. The standard InChI is InChI=1S/C16H28O/c1-9(2)13-14(10(3)4)16(12(7)8)17-15(13)11(5)6/h9-12H,1-8H3. The minimum absolute atomic E-state index is 0.470. The maximum atomic E-state index is 6.19. The fraction of sp³-hybridized carbons (Fsp3) is 0.750. The van der Waals surface area contributed by atoms with E-state index < -0.39 is 0 Å². The zero-order valence-corrected chi connectivity index (χ0v) is 12.7. The average Bonchev–Trinajstić information content (AvgIpc) is 2.56. The van der Waals surface area contributed by atoms with Crippen molar-refractivity contribution in [1.29, 1.82) is 0 Å². The van der Waals surface area contributed by atoms with E-state index in [9.17, 15) is 0 Å². The van der Waals surface area contributed by atoms with Crippen LogP contribution in [0.2, 0.25) is 0 Å². The van der Waals surface area contributed by atoms with Gasteiger partial charge in [-0.05, 0) is 11.8 Å². The van der Waals surface area contributed by atoms with Gasteiger partial charge in [0.1, 0.15) is 11.5 Å². The van der Waals surface area contributed by atoms with Gasteiger partial charge in [-0.3, -0.25) is 0 Å². The summed E-state index contributed by atoms with van der Waals surface area (Å²) in [6.45, 7) is 18.0. The van der Waals surface area contributed by atoms with Crippen LogP contribution in [0.1, 0.15) is 102 Å². The third-order valence-electron chi connectivity index (χ3n) is 3.24. The molecule has 0 bridgehead atoms. The van der Waals surface area contributed by atoms with Crippen molar-refractivity contribution in [3.63, 3.8) is 0 Å². The molecule has 0 aliphatic rings. The summed E-state index contributed by atoms with van der Waals surface area (Å²) in [6.07, 6.45) is 0. The molecule has 0 aliphatic carbocycles. The van der Waals surface area contributed by atoms with Gasteiger partial charge in [-0.2, -0.15) is 0 Å². The summed E-state index contributed by atoms with van der Waals surface area (Å²) >= 11 is 0. The van der Waals surface area contributed by atoms with Gasteiger partial charge in [0.25, 0.3) is 0 Å². The maximum Gasteiger partial charge on any atom is 0.110 e. The highest BCUT2D eigenvalue weighted by Gasteiger charge is 2.26. The van der Waals surface area contributed by atoms with Crippen LogP contribution in [0.3, 0.4) is 0 Å². The Morgan fingerprint density at radius 3 is 1.00 bits per heavy atom. The van der Waals surface area contributed by atoms with E-state index in [1.807, 2.05) is 0 Å². The summed E-state index contributed by atoms with van der Waals surface area (Å²) in [5.41, 5.74) is 2.91. The van der Waals surface area contributed by atoms with E-state index in [0.717, 1.165) is 0 Å². The van der Waals surface area contributed by atoms with Crippen molar-refractivity contribution in [2.75, 3.05) is 0 Å². The summed E-state index contributed by atoms with van der Waals surface area (Å²) in [7, 11) is 0. The molecular formula is C16H28O. The molecule has 1 nitrogen and oxygen atoms in total. The van der Waals surface area contributed by atoms with Crippen LogP contribution in [0, 0.1) is 0 Å². The van der Waals surface area contributed by atoms with Crippen molar-refractivity contribution in [2.24, 2.45) is 0 Å². The van der Waals surface area contributed by atoms with Crippen molar-refractivity contribution in [3.05, 3.63) is 22.6 Å². The molecule has 17 heavy (non-hydrogen) atoms. The van der Waals surface area contributed by atoms with Gasteiger partial charge < -0.3 is 4.42 Å². The SMILES string of the molecule is CC(C)c1oc(C(C)C)c(C(C)C)c1C(C)C. The van der Waals surface area contributed by atoms with E-state index in [4.69, 9.17) is 4.42 Å². The molecule has 0 aliphatic heterocycles. The van der Waals surface area contributed by atoms with Crippen molar-refractivity contribution in [1.82, 2.24) is 0 Å². The molecule has 0 atom stereocenters. The molecule has 0 saturated carbocycles. The Balaban J connectivity index is 3.49. The molecule has 0 fully saturated rings. The predicted octanol–water partition coefficient (Wildman–Crippen LogP) is 5.77. The lowest BCUT2D eigenvalue weighted by atomic mass is 9.87. The van der Waals surface area contributed by atoms with Crippen molar-refractivity contribution in [3.8, 4) is 0 Å². The molecule has 0 spiro atoms. The average molecular weight is 236 g/mol. The molecule has 0 N–H and O–H groups in total. The molecule has 0 unspecified atom stereocenters. The number of rotatable bonds is 4. The Labute approximate surface area is 107 Å². The molecule has 0 aromatic carbocycles. The topological polar surface area (TPSA) is 13.1 Å². The Morgan fingerprint density at radius 1 is 0.529 bits per heavy atom. The third kappa shape index (κ3) is 2.75. The number of hydrogen-bond acceptors (Lipinski definition) is 1. The van der Waals surface area contributed by atoms with Gasteiger partial charge in [0.05, 0.1) is 0 Å². The van der Waals surface area contributed by atoms with E-state index in [0.29, 0.717) is 23.7 Å². The Morgan fingerprint density at radius 2 is 0.824 bits per heavy atom. The molecule has 1 aromatic heterocycles. The fourth-order valence-electron chi connectivity index (χ4n) is 2.54. The van der Waals surface area contributed by atoms with Gasteiger partial charge in [-0.15, -0.1) is 0 Å². The lowest BCUT2D eigenvalue weighted by Gasteiger charge is -2.14. The van der Waals surface area contributed by atoms with Crippen molar-refractivity contribution >= 4 is 0 Å². The minimum atomic E-state index is 0.470. The third-order valence-corrected chi connectivity index (χ3v) is 3.24. The zero-order valence-electron chi connectivity index (χ0n) is 12.7. The normalized spacial score (nSPS) is 12.5. The summed E-state index contributed by atoms with van der Waals surface area (Å²) < 4.78 is 6.19. The molecule has 1 heterocycles. The number of furan rings is 1. The van der Waals surface area contributed by atoms with Crippen LogP contribution in [-0.2, 0) is 0 Å². The van der Waals surface area contributed by atoms with Crippen LogP contribution in [0.25, 0.3) is 0 Å². The van der Waals surface area contributed by atoms with Gasteiger partial charge in [0, 0.05) is 23.0 Å². The van der Waals surface area contributed by atoms with Crippen molar-refractivity contribution in [2.45, 2.75) is 79.1 Å². The maximum absolute atomic E-state index is 6.19. The first-order valence-corrected chi connectivity index (χ1v) is 6.93. The molecular weight excluding hydrogens is 208 g/mol. The lowest BCUT2D eigenvalue weighted by molar-refractivity contribution is 0.425. The molecule has 1 rings (SSSR count). The quantitative estimate of drug-likeness (QED) is 0.646. The van der Waals surface area contributed by atoms with Crippen molar-refractivity contribution < 1.29 is 4.42 Å². The van der Waals surface area contributed by atoms with Crippen LogP contribution in [0.4, 0.5) is 0 Å². The van der Waals surface area contributed by atoms with Crippen LogP contribution >= 0.6 is 0 Å². The Bertz CT molecular complexity index is 333. The van der Waals surface area contributed by atoms with Gasteiger partial charge in [-0.1, -0.05) is 55.4 Å². The van der Waals surface area contributed by atoms with E-state index in [2.05, 4.69) is 55.4 Å². The summed E-state index contributed by atoms with van der Waals surface area (Å²) in [5, 5.41) is 0. The molecule has 1 aromatic rings. The second-order valence-electron chi connectivity index (χ2n) is 6.28. The predicted molar refractivity (Wildman–Crippen MR) is 75.1 cm³/mol. The largest absolute Gasteiger partial charge is 0.465 e. The van der Waals surface area contributed by atoms with Gasteiger partial charge in [0.15, 0.2) is 0 Å². The van der Waals surface area contributed by atoms with E-state index in [1.165, 1.54) is 22.6 Å². The van der Waals surface area contributed by atoms with E-state index in [1.54, 1.807) is 0 Å². The molecule has 0 saturated heterocycles. The zero-order chi connectivity index (χ0) is 13.3. The second kappa shape index (κ2) is 5.29. The summed E-state index contributed by atoms with van der Waals surface area (Å²) in [4.78, 5) is 0. The molecule has 98 valence electrons. The minimum Gasteiger partial charge on any atom is -0.465 e. The van der Waals surface area contributed by atoms with Crippen LogP contribution in [0.5, 0.6) is 0 Å². The fourth-order valence-corrected chi connectivity index (χ4v) is 2.54. The highest BCUT2D eigenvalue weighted by molar-refractivity contribution is 5.40. The highest BCUT2D eigenvalue weighted by Crippen LogP contribution is 2.40.